The molecule has 0 aromatic rings. The van der Waals surface area contributed by atoms with Gasteiger partial charge >= 0.3 is 6.03 Å². The standard InChI is InChI=1S/C8H18N2O/c1-3-7(2)5-4-6-10-8(9)11/h7H,3-6H2,1-2H3,(H3,9,10,11)/t7-/m1/s1. The predicted molar refractivity (Wildman–Crippen MR) is 46.3 cm³/mol. The van der Waals surface area contributed by atoms with E-state index in [9.17, 15) is 4.79 Å². The third-order valence-electron chi connectivity index (χ3n) is 1.87. The summed E-state index contributed by atoms with van der Waals surface area (Å²) in [4.78, 5) is 10.2. The molecule has 0 bridgehead atoms. The minimum absolute atomic E-state index is 0.422. The van der Waals surface area contributed by atoms with Gasteiger partial charge in [-0.1, -0.05) is 20.3 Å². The molecule has 0 unspecified atom stereocenters. The highest BCUT2D eigenvalue weighted by Crippen LogP contribution is 2.07. The Bertz CT molecular complexity index is 115. The van der Waals surface area contributed by atoms with Gasteiger partial charge in [-0.2, -0.15) is 0 Å². The summed E-state index contributed by atoms with van der Waals surface area (Å²) in [6.07, 6.45) is 3.39. The van der Waals surface area contributed by atoms with Gasteiger partial charge in [0.25, 0.3) is 0 Å². The van der Waals surface area contributed by atoms with E-state index in [1.807, 2.05) is 0 Å². The second-order valence-electron chi connectivity index (χ2n) is 2.95. The second-order valence-corrected chi connectivity index (χ2v) is 2.95. The van der Waals surface area contributed by atoms with Gasteiger partial charge in [0.2, 0.25) is 0 Å². The molecule has 0 aliphatic rings. The maximum atomic E-state index is 10.2. The maximum Gasteiger partial charge on any atom is 0.312 e. The molecule has 66 valence electrons. The zero-order valence-electron chi connectivity index (χ0n) is 7.39. The molecular formula is C8H18N2O. The fraction of sp³-hybridized carbons (Fsp3) is 0.875. The van der Waals surface area contributed by atoms with Crippen molar-refractivity contribution in [1.29, 1.82) is 0 Å². The average molecular weight is 158 g/mol. The SMILES string of the molecule is CC[C@@H](C)CCCNC(N)=O. The van der Waals surface area contributed by atoms with Crippen molar-refractivity contribution in [3.8, 4) is 0 Å². The van der Waals surface area contributed by atoms with Crippen molar-refractivity contribution in [2.75, 3.05) is 6.54 Å². The fourth-order valence-electron chi connectivity index (χ4n) is 0.866. The zero-order chi connectivity index (χ0) is 8.69. The highest BCUT2D eigenvalue weighted by atomic mass is 16.2. The molecule has 0 aromatic carbocycles. The lowest BCUT2D eigenvalue weighted by molar-refractivity contribution is 0.248. The zero-order valence-corrected chi connectivity index (χ0v) is 7.39. The average Bonchev–Trinajstić information content (AvgIpc) is 1.97. The van der Waals surface area contributed by atoms with E-state index in [0.717, 1.165) is 18.8 Å². The molecule has 3 heteroatoms. The van der Waals surface area contributed by atoms with Crippen LogP contribution >= 0.6 is 0 Å². The van der Waals surface area contributed by atoms with Gasteiger partial charge < -0.3 is 11.1 Å². The normalized spacial score (nSPS) is 12.5. The number of primary amides is 1. The Morgan fingerprint density at radius 2 is 2.27 bits per heavy atom. The summed E-state index contributed by atoms with van der Waals surface area (Å²) in [6, 6.07) is -0.422. The summed E-state index contributed by atoms with van der Waals surface area (Å²) in [5.41, 5.74) is 4.89. The van der Waals surface area contributed by atoms with E-state index in [2.05, 4.69) is 19.2 Å². The number of urea groups is 1. The summed E-state index contributed by atoms with van der Waals surface area (Å²) < 4.78 is 0. The van der Waals surface area contributed by atoms with Gasteiger partial charge in [0.05, 0.1) is 0 Å². The molecule has 1 atom stereocenters. The van der Waals surface area contributed by atoms with Crippen LogP contribution in [0.2, 0.25) is 0 Å². The number of nitrogens with two attached hydrogens (primary N) is 1. The first-order valence-corrected chi connectivity index (χ1v) is 4.20. The molecule has 0 saturated heterocycles. The number of hydrogen-bond donors (Lipinski definition) is 2. The monoisotopic (exact) mass is 158 g/mol. The first-order chi connectivity index (χ1) is 5.16. The number of rotatable bonds is 5. The van der Waals surface area contributed by atoms with Crippen molar-refractivity contribution in [3.05, 3.63) is 0 Å². The molecule has 2 amide bonds. The van der Waals surface area contributed by atoms with Gasteiger partial charge in [0.1, 0.15) is 0 Å². The molecule has 0 aliphatic carbocycles. The van der Waals surface area contributed by atoms with Crippen LogP contribution < -0.4 is 11.1 Å². The minimum Gasteiger partial charge on any atom is -0.352 e. The summed E-state index contributed by atoms with van der Waals surface area (Å²) in [5.74, 6) is 0.754. The van der Waals surface area contributed by atoms with E-state index in [4.69, 9.17) is 5.73 Å². The molecule has 3 N–H and O–H groups in total. The van der Waals surface area contributed by atoms with Gasteiger partial charge in [-0.05, 0) is 18.8 Å². The molecule has 0 fully saturated rings. The molecule has 0 radical (unpaired) electrons. The van der Waals surface area contributed by atoms with Gasteiger partial charge in [-0.25, -0.2) is 4.79 Å². The van der Waals surface area contributed by atoms with Crippen molar-refractivity contribution < 1.29 is 4.79 Å². The molecule has 0 rings (SSSR count). The highest BCUT2D eigenvalue weighted by molar-refractivity contribution is 5.71. The van der Waals surface area contributed by atoms with Crippen LogP contribution in [0, 0.1) is 5.92 Å². The van der Waals surface area contributed by atoms with Crippen molar-refractivity contribution in [2.45, 2.75) is 33.1 Å². The molecule has 0 heterocycles. The molecular weight excluding hydrogens is 140 g/mol. The Morgan fingerprint density at radius 3 is 2.73 bits per heavy atom. The molecule has 0 spiro atoms. The quantitative estimate of drug-likeness (QED) is 0.585. The molecule has 11 heavy (non-hydrogen) atoms. The third-order valence-corrected chi connectivity index (χ3v) is 1.87. The van der Waals surface area contributed by atoms with E-state index in [0.29, 0.717) is 6.54 Å². The Morgan fingerprint density at radius 1 is 1.64 bits per heavy atom. The van der Waals surface area contributed by atoms with E-state index < -0.39 is 6.03 Å². The van der Waals surface area contributed by atoms with E-state index >= 15 is 0 Å². The van der Waals surface area contributed by atoms with Crippen LogP contribution in [0.4, 0.5) is 4.79 Å². The molecule has 0 aliphatic heterocycles. The van der Waals surface area contributed by atoms with Crippen molar-refractivity contribution in [2.24, 2.45) is 11.7 Å². The first kappa shape index (κ1) is 10.3. The number of carbonyl (C=O) groups excluding carboxylic acids is 1. The Labute approximate surface area is 68.3 Å². The lowest BCUT2D eigenvalue weighted by Crippen LogP contribution is -2.30. The Hall–Kier alpha value is -0.730. The first-order valence-electron chi connectivity index (χ1n) is 4.20. The summed E-state index contributed by atoms with van der Waals surface area (Å²) in [7, 11) is 0. The third kappa shape index (κ3) is 7.16. The van der Waals surface area contributed by atoms with Crippen molar-refractivity contribution >= 4 is 6.03 Å². The van der Waals surface area contributed by atoms with Crippen LogP contribution in [0.5, 0.6) is 0 Å². The number of carbonyl (C=O) groups is 1. The molecule has 0 aromatic heterocycles. The van der Waals surface area contributed by atoms with E-state index in [1.165, 1.54) is 6.42 Å². The van der Waals surface area contributed by atoms with Gasteiger partial charge in [-0.3, -0.25) is 0 Å². The summed E-state index contributed by atoms with van der Waals surface area (Å²) >= 11 is 0. The Kier molecular flexibility index (Phi) is 5.61. The largest absolute Gasteiger partial charge is 0.352 e. The van der Waals surface area contributed by atoms with Crippen molar-refractivity contribution in [1.82, 2.24) is 5.32 Å². The molecule has 3 nitrogen and oxygen atoms in total. The summed E-state index contributed by atoms with van der Waals surface area (Å²) in [5, 5.41) is 2.56. The van der Waals surface area contributed by atoms with Crippen LogP contribution in [0.1, 0.15) is 33.1 Å². The lowest BCUT2D eigenvalue weighted by Gasteiger charge is -2.07. The smallest absolute Gasteiger partial charge is 0.312 e. The second kappa shape index (κ2) is 6.01. The van der Waals surface area contributed by atoms with Crippen LogP contribution in [0.25, 0.3) is 0 Å². The van der Waals surface area contributed by atoms with Gasteiger partial charge in [-0.15, -0.1) is 0 Å². The van der Waals surface area contributed by atoms with E-state index in [-0.39, 0.29) is 0 Å². The number of amides is 2. The minimum atomic E-state index is -0.422. The van der Waals surface area contributed by atoms with Crippen LogP contribution in [-0.2, 0) is 0 Å². The fourth-order valence-corrected chi connectivity index (χ4v) is 0.866. The Balaban J connectivity index is 3.08. The van der Waals surface area contributed by atoms with Crippen LogP contribution in [0.3, 0.4) is 0 Å². The number of hydrogen-bond acceptors (Lipinski definition) is 1. The van der Waals surface area contributed by atoms with Gasteiger partial charge in [0.15, 0.2) is 0 Å². The van der Waals surface area contributed by atoms with Gasteiger partial charge in [0, 0.05) is 6.54 Å². The van der Waals surface area contributed by atoms with Crippen LogP contribution in [-0.4, -0.2) is 12.6 Å². The summed E-state index contributed by atoms with van der Waals surface area (Å²) in [6.45, 7) is 5.09. The lowest BCUT2D eigenvalue weighted by atomic mass is 10.0. The van der Waals surface area contributed by atoms with Crippen LogP contribution in [0.15, 0.2) is 0 Å². The topological polar surface area (TPSA) is 55.1 Å². The number of nitrogens with one attached hydrogen (secondary N) is 1. The van der Waals surface area contributed by atoms with Crippen molar-refractivity contribution in [3.63, 3.8) is 0 Å². The predicted octanol–water partition coefficient (Wildman–Crippen LogP) is 1.48. The maximum absolute atomic E-state index is 10.2. The molecule has 0 saturated carbocycles. The van der Waals surface area contributed by atoms with E-state index in [1.54, 1.807) is 0 Å². The highest BCUT2D eigenvalue weighted by Gasteiger charge is 1.97.